The monoisotopic (exact) mass is 446 g/mol. The predicted molar refractivity (Wildman–Crippen MR) is 112 cm³/mol. The third-order valence-electron chi connectivity index (χ3n) is 5.17. The van der Waals surface area contributed by atoms with Crippen LogP contribution in [0.5, 0.6) is 11.5 Å². The molecule has 1 N–H and O–H groups in total. The third-order valence-corrected chi connectivity index (χ3v) is 6.13. The first kappa shape index (κ1) is 25.8. The van der Waals surface area contributed by atoms with Crippen molar-refractivity contribution in [3.63, 3.8) is 0 Å². The summed E-state index contributed by atoms with van der Waals surface area (Å²) in [4.78, 5) is 0. The number of halogens is 3. The minimum absolute atomic E-state index is 0.183. The second kappa shape index (κ2) is 9.73. The van der Waals surface area contributed by atoms with Gasteiger partial charge in [0.1, 0.15) is 11.5 Å². The number of phenols is 1. The lowest BCUT2D eigenvalue weighted by molar-refractivity contribution is -0.0500. The minimum atomic E-state index is -5.72. The van der Waals surface area contributed by atoms with E-state index in [0.29, 0.717) is 12.8 Å². The summed E-state index contributed by atoms with van der Waals surface area (Å²) in [6, 6.07) is 9.81. The minimum Gasteiger partial charge on any atom is -0.508 e. The maximum absolute atomic E-state index is 12.6. The predicted octanol–water partition coefficient (Wildman–Crippen LogP) is 6.37. The zero-order chi connectivity index (χ0) is 23.3. The Labute approximate surface area is 176 Å². The number of alkyl halides is 3. The molecular weight excluding hydrogens is 417 g/mol. The molecule has 0 aliphatic heterocycles. The van der Waals surface area contributed by atoms with E-state index < -0.39 is 21.0 Å². The molecule has 0 fully saturated rings. The summed E-state index contributed by atoms with van der Waals surface area (Å²) in [7, 11) is -5.72. The van der Waals surface area contributed by atoms with E-state index in [4.69, 9.17) is 0 Å². The van der Waals surface area contributed by atoms with Crippen LogP contribution in [0.2, 0.25) is 0 Å². The Morgan fingerprint density at radius 1 is 0.900 bits per heavy atom. The molecule has 0 bridgehead atoms. The molecule has 8 heteroatoms. The second-order valence-corrected chi connectivity index (χ2v) is 8.29. The largest absolute Gasteiger partial charge is 0.534 e. The summed E-state index contributed by atoms with van der Waals surface area (Å²) in [5.41, 5.74) is -3.13. The van der Waals surface area contributed by atoms with E-state index in [1.165, 1.54) is 13.0 Å². The molecule has 0 heterocycles. The Morgan fingerprint density at radius 2 is 1.37 bits per heavy atom. The van der Waals surface area contributed by atoms with Crippen molar-refractivity contribution in [2.24, 2.45) is 0 Å². The van der Waals surface area contributed by atoms with Crippen molar-refractivity contribution in [2.45, 2.75) is 65.3 Å². The second-order valence-electron chi connectivity index (χ2n) is 6.75. The van der Waals surface area contributed by atoms with E-state index in [2.05, 4.69) is 4.18 Å². The fraction of sp³-hybridized carbons (Fsp3) is 0.455. The van der Waals surface area contributed by atoms with Gasteiger partial charge in [-0.05, 0) is 61.1 Å². The highest BCUT2D eigenvalue weighted by molar-refractivity contribution is 7.88. The Bertz CT molecular complexity index is 963. The van der Waals surface area contributed by atoms with Crippen LogP contribution in [0.15, 0.2) is 36.4 Å². The van der Waals surface area contributed by atoms with Gasteiger partial charge in [-0.3, -0.25) is 0 Å². The quantitative estimate of drug-likeness (QED) is 0.414. The molecule has 30 heavy (non-hydrogen) atoms. The van der Waals surface area contributed by atoms with Gasteiger partial charge in [-0.2, -0.15) is 21.6 Å². The number of hydrogen-bond donors (Lipinski definition) is 1. The summed E-state index contributed by atoms with van der Waals surface area (Å²) in [5.74, 6) is -0.175. The van der Waals surface area contributed by atoms with Gasteiger partial charge in [-0.25, -0.2) is 0 Å². The summed E-state index contributed by atoms with van der Waals surface area (Å²) in [5, 5.41) is 9.81. The Balaban J connectivity index is 0.00000218. The molecule has 0 aliphatic carbocycles. The van der Waals surface area contributed by atoms with Crippen LogP contribution >= 0.6 is 0 Å². The molecule has 0 aliphatic rings. The van der Waals surface area contributed by atoms with Crippen LogP contribution in [0, 0.1) is 13.8 Å². The van der Waals surface area contributed by atoms with Crippen molar-refractivity contribution >= 4 is 10.1 Å². The molecule has 2 rings (SSSR count). The molecular formula is C22H29F3O4S. The summed E-state index contributed by atoms with van der Waals surface area (Å²) in [6.45, 7) is 11.3. The Hall–Kier alpha value is -2.22. The fourth-order valence-corrected chi connectivity index (χ4v) is 3.91. The number of aromatic hydroxyl groups is 1. The molecule has 2 aromatic rings. The third kappa shape index (κ3) is 5.09. The van der Waals surface area contributed by atoms with Crippen molar-refractivity contribution in [1.29, 1.82) is 0 Å². The van der Waals surface area contributed by atoms with Gasteiger partial charge in [0.15, 0.2) is 0 Å². The zero-order valence-electron chi connectivity index (χ0n) is 18.1. The molecule has 0 amide bonds. The molecule has 0 saturated carbocycles. The topological polar surface area (TPSA) is 63.6 Å². The smallest absolute Gasteiger partial charge is 0.508 e. The van der Waals surface area contributed by atoms with Crippen LogP contribution in [0.3, 0.4) is 0 Å². The van der Waals surface area contributed by atoms with Crippen LogP contribution in [0.4, 0.5) is 13.2 Å². The highest BCUT2D eigenvalue weighted by Gasteiger charge is 2.48. The van der Waals surface area contributed by atoms with Gasteiger partial charge in [0, 0.05) is 5.41 Å². The highest BCUT2D eigenvalue weighted by atomic mass is 32.2. The molecule has 0 unspecified atom stereocenters. The summed E-state index contributed by atoms with van der Waals surface area (Å²) < 4.78 is 64.6. The molecule has 0 atom stereocenters. The fourth-order valence-electron chi connectivity index (χ4n) is 3.39. The van der Waals surface area contributed by atoms with Crippen LogP contribution in [-0.2, 0) is 15.5 Å². The van der Waals surface area contributed by atoms with E-state index in [1.807, 2.05) is 39.8 Å². The van der Waals surface area contributed by atoms with Gasteiger partial charge in [0.25, 0.3) is 0 Å². The lowest BCUT2D eigenvalue weighted by Crippen LogP contribution is -2.29. The molecule has 0 saturated heterocycles. The SMILES string of the molecule is CC.CCC(CC)(c1ccc(O)c(C)c1)c1ccc(OS(=O)(=O)C(F)(F)F)c(C)c1. The average Bonchev–Trinajstić information content (AvgIpc) is 2.68. The van der Waals surface area contributed by atoms with Gasteiger partial charge < -0.3 is 9.29 Å². The van der Waals surface area contributed by atoms with E-state index in [0.717, 1.165) is 16.7 Å². The number of benzene rings is 2. The van der Waals surface area contributed by atoms with E-state index in [9.17, 15) is 26.7 Å². The van der Waals surface area contributed by atoms with E-state index >= 15 is 0 Å². The average molecular weight is 447 g/mol. The first-order valence-electron chi connectivity index (χ1n) is 9.80. The first-order chi connectivity index (χ1) is 13.9. The molecule has 4 nitrogen and oxygen atoms in total. The lowest BCUT2D eigenvalue weighted by Gasteiger charge is -2.34. The van der Waals surface area contributed by atoms with E-state index in [1.54, 1.807) is 25.1 Å². The number of rotatable bonds is 6. The highest BCUT2D eigenvalue weighted by Crippen LogP contribution is 2.41. The van der Waals surface area contributed by atoms with Crippen LogP contribution < -0.4 is 4.18 Å². The van der Waals surface area contributed by atoms with Crippen molar-refractivity contribution in [3.8, 4) is 11.5 Å². The summed E-state index contributed by atoms with van der Waals surface area (Å²) in [6.07, 6.45) is 1.41. The standard InChI is InChI=1S/C20H23F3O4S.C2H6/c1-5-19(6-2,15-7-9-17(24)13(3)11-15)16-8-10-18(14(4)12-16)27-28(25,26)20(21,22)23;1-2/h7-12,24H,5-6H2,1-4H3;1-2H3. The molecule has 168 valence electrons. The van der Waals surface area contributed by atoms with Gasteiger partial charge in [0.05, 0.1) is 0 Å². The van der Waals surface area contributed by atoms with Crippen molar-refractivity contribution in [3.05, 3.63) is 58.7 Å². The zero-order valence-corrected chi connectivity index (χ0v) is 18.9. The maximum atomic E-state index is 12.6. The van der Waals surface area contributed by atoms with Gasteiger partial charge >= 0.3 is 15.6 Å². The van der Waals surface area contributed by atoms with E-state index in [-0.39, 0.29) is 17.1 Å². The van der Waals surface area contributed by atoms with Gasteiger partial charge in [0.2, 0.25) is 0 Å². The number of phenolic OH excluding ortho intramolecular Hbond substituents is 1. The summed E-state index contributed by atoms with van der Waals surface area (Å²) >= 11 is 0. The normalized spacial score (nSPS) is 12.2. The van der Waals surface area contributed by atoms with Crippen LogP contribution in [0.25, 0.3) is 0 Å². The van der Waals surface area contributed by atoms with Crippen LogP contribution in [-0.4, -0.2) is 19.0 Å². The number of aryl methyl sites for hydroxylation is 2. The Morgan fingerprint density at radius 3 is 1.77 bits per heavy atom. The molecule has 2 aromatic carbocycles. The first-order valence-corrected chi connectivity index (χ1v) is 11.2. The molecule has 0 spiro atoms. The molecule has 0 radical (unpaired) electrons. The van der Waals surface area contributed by atoms with Gasteiger partial charge in [-0.1, -0.05) is 52.0 Å². The lowest BCUT2D eigenvalue weighted by atomic mass is 9.70. The van der Waals surface area contributed by atoms with Crippen molar-refractivity contribution in [1.82, 2.24) is 0 Å². The van der Waals surface area contributed by atoms with Crippen LogP contribution in [0.1, 0.15) is 62.8 Å². The maximum Gasteiger partial charge on any atom is 0.534 e. The van der Waals surface area contributed by atoms with Crippen molar-refractivity contribution in [2.75, 3.05) is 0 Å². The molecule has 0 aromatic heterocycles. The Kier molecular flexibility index (Phi) is 8.37. The van der Waals surface area contributed by atoms with Gasteiger partial charge in [-0.15, -0.1) is 0 Å². The number of hydrogen-bond acceptors (Lipinski definition) is 4. The van der Waals surface area contributed by atoms with Crippen molar-refractivity contribution < 1.29 is 30.9 Å².